The van der Waals surface area contributed by atoms with Crippen molar-refractivity contribution in [2.45, 2.75) is 32.6 Å². The zero-order valence-electron chi connectivity index (χ0n) is 16.4. The molecule has 3 heterocycles. The van der Waals surface area contributed by atoms with Crippen molar-refractivity contribution in [2.75, 3.05) is 26.3 Å². The lowest BCUT2D eigenvalue weighted by atomic mass is 9.90. The van der Waals surface area contributed by atoms with E-state index in [1.807, 2.05) is 19.1 Å². The molecule has 2 fully saturated rings. The molecular formula is C22H23NO6. The molecule has 0 unspecified atom stereocenters. The lowest BCUT2D eigenvalue weighted by Gasteiger charge is -2.19. The molecule has 152 valence electrons. The van der Waals surface area contributed by atoms with Gasteiger partial charge in [-0.2, -0.15) is 0 Å². The van der Waals surface area contributed by atoms with Crippen LogP contribution in [0.4, 0.5) is 0 Å². The topological polar surface area (TPSA) is 86.0 Å². The number of hydrogen-bond acceptors (Lipinski definition) is 6. The van der Waals surface area contributed by atoms with Gasteiger partial charge in [0, 0.05) is 35.5 Å². The van der Waals surface area contributed by atoms with Crippen molar-refractivity contribution in [2.24, 2.45) is 11.8 Å². The molecule has 1 aliphatic carbocycles. The number of likely N-dealkylation sites (tertiary alicyclic amines) is 1. The van der Waals surface area contributed by atoms with Gasteiger partial charge in [-0.3, -0.25) is 9.59 Å². The van der Waals surface area contributed by atoms with E-state index in [1.54, 1.807) is 4.90 Å². The maximum atomic E-state index is 12.6. The van der Waals surface area contributed by atoms with Crippen LogP contribution in [0.5, 0.6) is 5.75 Å². The van der Waals surface area contributed by atoms with E-state index >= 15 is 0 Å². The van der Waals surface area contributed by atoms with Crippen LogP contribution in [0.25, 0.3) is 11.0 Å². The highest BCUT2D eigenvalue weighted by molar-refractivity contribution is 5.86. The van der Waals surface area contributed by atoms with Crippen LogP contribution in [0.2, 0.25) is 0 Å². The SMILES string of the molecule is Cc1c(OCC(=O)N2C[C@@H]3COC(=O)[C@@H]3C2)ccc2c3c(c(=O)oc12)CCCC3. The number of fused-ring (bicyclic) bond motifs is 4. The first kappa shape index (κ1) is 18.2. The quantitative estimate of drug-likeness (QED) is 0.582. The molecule has 0 saturated carbocycles. The molecule has 29 heavy (non-hydrogen) atoms. The van der Waals surface area contributed by atoms with Crippen LogP contribution in [0, 0.1) is 18.8 Å². The molecule has 3 aliphatic rings. The van der Waals surface area contributed by atoms with Crippen LogP contribution in [0.1, 0.15) is 29.5 Å². The van der Waals surface area contributed by atoms with Gasteiger partial charge in [-0.25, -0.2) is 4.79 Å². The number of hydrogen-bond donors (Lipinski definition) is 0. The highest BCUT2D eigenvalue weighted by Gasteiger charge is 2.45. The van der Waals surface area contributed by atoms with E-state index in [-0.39, 0.29) is 35.9 Å². The van der Waals surface area contributed by atoms with Crippen molar-refractivity contribution in [3.63, 3.8) is 0 Å². The van der Waals surface area contributed by atoms with Gasteiger partial charge in [-0.1, -0.05) is 0 Å². The molecule has 0 bridgehead atoms. The monoisotopic (exact) mass is 397 g/mol. The van der Waals surface area contributed by atoms with Gasteiger partial charge in [-0.15, -0.1) is 0 Å². The Balaban J connectivity index is 1.35. The fourth-order valence-electron chi connectivity index (χ4n) is 4.82. The Bertz CT molecular complexity index is 1070. The molecule has 0 radical (unpaired) electrons. The van der Waals surface area contributed by atoms with E-state index in [4.69, 9.17) is 13.9 Å². The highest BCUT2D eigenvalue weighted by Crippen LogP contribution is 2.33. The molecule has 0 N–H and O–H groups in total. The van der Waals surface area contributed by atoms with Crippen LogP contribution in [0.15, 0.2) is 21.3 Å². The summed E-state index contributed by atoms with van der Waals surface area (Å²) in [5.41, 5.74) is 2.88. The second kappa shape index (κ2) is 6.90. The third-order valence-electron chi connectivity index (χ3n) is 6.48. The zero-order chi connectivity index (χ0) is 20.1. The minimum atomic E-state index is -0.265. The first-order valence-corrected chi connectivity index (χ1v) is 10.2. The number of nitrogens with zero attached hydrogens (tertiary/aromatic N) is 1. The number of carbonyl (C=O) groups excluding carboxylic acids is 2. The average Bonchev–Trinajstić information content (AvgIpc) is 3.30. The first-order valence-electron chi connectivity index (χ1n) is 10.2. The average molecular weight is 397 g/mol. The normalized spacial score (nSPS) is 23.1. The van der Waals surface area contributed by atoms with Crippen molar-refractivity contribution >= 4 is 22.8 Å². The number of ether oxygens (including phenoxy) is 2. The predicted octanol–water partition coefficient (Wildman–Crippen LogP) is 1.99. The summed E-state index contributed by atoms with van der Waals surface area (Å²) in [7, 11) is 0. The Labute approximate surface area is 167 Å². The Kier molecular flexibility index (Phi) is 4.33. The fourth-order valence-corrected chi connectivity index (χ4v) is 4.82. The summed E-state index contributed by atoms with van der Waals surface area (Å²) in [6.45, 7) is 3.04. The van der Waals surface area contributed by atoms with Crippen molar-refractivity contribution < 1.29 is 23.5 Å². The van der Waals surface area contributed by atoms with Crippen molar-refractivity contribution in [3.05, 3.63) is 39.2 Å². The van der Waals surface area contributed by atoms with Gasteiger partial charge in [-0.05, 0) is 50.3 Å². The van der Waals surface area contributed by atoms with Gasteiger partial charge < -0.3 is 18.8 Å². The van der Waals surface area contributed by atoms with Crippen molar-refractivity contribution in [1.82, 2.24) is 4.90 Å². The minimum absolute atomic E-state index is 0.0920. The third kappa shape index (κ3) is 2.99. The molecule has 2 aromatic rings. The number of benzene rings is 1. The standard InChI is InChI=1S/C22H23NO6/c1-12-18(27-11-19(24)23-8-13-10-28-21(25)17(13)9-23)7-6-15-14-4-2-3-5-16(14)22(26)29-20(12)15/h6-7,13,17H,2-5,8-11H2,1H3/t13-,17-/m1/s1. The number of carbonyl (C=O) groups is 2. The molecule has 7 heteroatoms. The van der Waals surface area contributed by atoms with Crippen LogP contribution in [-0.2, 0) is 27.2 Å². The van der Waals surface area contributed by atoms with Gasteiger partial charge in [0.1, 0.15) is 11.3 Å². The van der Waals surface area contributed by atoms with Crippen LogP contribution >= 0.6 is 0 Å². The number of esters is 1. The van der Waals surface area contributed by atoms with E-state index < -0.39 is 0 Å². The molecule has 2 atom stereocenters. The Morgan fingerprint density at radius 3 is 2.76 bits per heavy atom. The maximum absolute atomic E-state index is 12.6. The van der Waals surface area contributed by atoms with Gasteiger partial charge in [0.2, 0.25) is 0 Å². The lowest BCUT2D eigenvalue weighted by Crippen LogP contribution is -2.34. The minimum Gasteiger partial charge on any atom is -0.483 e. The van der Waals surface area contributed by atoms with Crippen LogP contribution in [-0.4, -0.2) is 43.1 Å². The third-order valence-corrected chi connectivity index (χ3v) is 6.48. The van der Waals surface area contributed by atoms with E-state index in [0.29, 0.717) is 31.0 Å². The van der Waals surface area contributed by atoms with Crippen molar-refractivity contribution in [3.8, 4) is 5.75 Å². The summed E-state index contributed by atoms with van der Waals surface area (Å²) in [6.07, 6.45) is 3.74. The predicted molar refractivity (Wildman–Crippen MR) is 104 cm³/mol. The van der Waals surface area contributed by atoms with Crippen LogP contribution < -0.4 is 10.4 Å². The summed E-state index contributed by atoms with van der Waals surface area (Å²) >= 11 is 0. The molecule has 7 nitrogen and oxygen atoms in total. The maximum Gasteiger partial charge on any atom is 0.339 e. The number of rotatable bonds is 3. The van der Waals surface area contributed by atoms with Gasteiger partial charge in [0.15, 0.2) is 6.61 Å². The van der Waals surface area contributed by atoms with Gasteiger partial charge in [0.05, 0.1) is 12.5 Å². The molecule has 0 spiro atoms. The Hall–Kier alpha value is -2.83. The van der Waals surface area contributed by atoms with Crippen molar-refractivity contribution in [1.29, 1.82) is 0 Å². The molecule has 2 saturated heterocycles. The lowest BCUT2D eigenvalue weighted by molar-refractivity contribution is -0.142. The summed E-state index contributed by atoms with van der Waals surface area (Å²) in [5, 5.41) is 0.960. The van der Waals surface area contributed by atoms with E-state index in [1.165, 1.54) is 0 Å². The molecule has 1 aromatic heterocycles. The smallest absolute Gasteiger partial charge is 0.339 e. The highest BCUT2D eigenvalue weighted by atomic mass is 16.5. The molecule has 1 amide bonds. The largest absolute Gasteiger partial charge is 0.483 e. The summed E-state index contributed by atoms with van der Waals surface area (Å²) in [6, 6.07) is 3.77. The molecule has 2 aliphatic heterocycles. The summed E-state index contributed by atoms with van der Waals surface area (Å²) < 4.78 is 16.4. The summed E-state index contributed by atoms with van der Waals surface area (Å²) in [5.74, 6) is 0.0493. The Morgan fingerprint density at radius 1 is 1.17 bits per heavy atom. The second-order valence-corrected chi connectivity index (χ2v) is 8.20. The van der Waals surface area contributed by atoms with E-state index in [9.17, 15) is 14.4 Å². The molecular weight excluding hydrogens is 374 g/mol. The zero-order valence-corrected chi connectivity index (χ0v) is 16.4. The number of cyclic esters (lactones) is 1. The van der Waals surface area contributed by atoms with E-state index in [2.05, 4.69) is 0 Å². The summed E-state index contributed by atoms with van der Waals surface area (Å²) in [4.78, 5) is 38.3. The molecule has 1 aromatic carbocycles. The van der Waals surface area contributed by atoms with Gasteiger partial charge >= 0.3 is 11.6 Å². The fraction of sp³-hybridized carbons (Fsp3) is 0.500. The Morgan fingerprint density at radius 2 is 1.97 bits per heavy atom. The second-order valence-electron chi connectivity index (χ2n) is 8.20. The van der Waals surface area contributed by atoms with Gasteiger partial charge in [0.25, 0.3) is 5.91 Å². The number of aryl methyl sites for hydroxylation is 2. The van der Waals surface area contributed by atoms with E-state index in [0.717, 1.165) is 47.8 Å². The number of amides is 1. The van der Waals surface area contributed by atoms with Crippen LogP contribution in [0.3, 0.4) is 0 Å². The molecule has 5 rings (SSSR count). The first-order chi connectivity index (χ1) is 14.0.